The molecule has 1 fully saturated rings. The maximum absolute atomic E-state index is 12.3. The average molecular weight is 251 g/mol. The second-order valence-corrected chi connectivity index (χ2v) is 5.85. The average Bonchev–Trinajstić information content (AvgIpc) is 2.33. The third kappa shape index (κ3) is 2.57. The summed E-state index contributed by atoms with van der Waals surface area (Å²) in [5, 5.41) is 9.69. The molecule has 1 saturated heterocycles. The van der Waals surface area contributed by atoms with Crippen molar-refractivity contribution in [2.24, 2.45) is 0 Å². The van der Waals surface area contributed by atoms with Gasteiger partial charge in [0.25, 0.3) is 5.91 Å². The van der Waals surface area contributed by atoms with Crippen LogP contribution in [0.1, 0.15) is 24.2 Å². The number of phenols is 1. The number of nitrogens with zero attached hydrogens (tertiary/aromatic N) is 1. The van der Waals surface area contributed by atoms with Gasteiger partial charge in [0.2, 0.25) is 0 Å². The van der Waals surface area contributed by atoms with Crippen molar-refractivity contribution in [2.45, 2.75) is 25.1 Å². The number of phenolic OH excluding ortho intramolecular Hbond substituents is 1. The highest BCUT2D eigenvalue weighted by Gasteiger charge is 2.29. The summed E-state index contributed by atoms with van der Waals surface area (Å²) in [6.45, 7) is 5.05. The van der Waals surface area contributed by atoms with Crippen molar-refractivity contribution in [3.05, 3.63) is 29.8 Å². The van der Waals surface area contributed by atoms with Gasteiger partial charge < -0.3 is 10.0 Å². The Morgan fingerprint density at radius 3 is 2.65 bits per heavy atom. The molecule has 0 saturated carbocycles. The van der Waals surface area contributed by atoms with Crippen LogP contribution in [0.2, 0.25) is 0 Å². The molecule has 2 atom stereocenters. The van der Waals surface area contributed by atoms with Gasteiger partial charge in [0.1, 0.15) is 5.75 Å². The van der Waals surface area contributed by atoms with Crippen LogP contribution in [-0.4, -0.2) is 39.5 Å². The second kappa shape index (κ2) is 5.00. The molecule has 92 valence electrons. The smallest absolute Gasteiger partial charge is 0.254 e. The molecule has 1 N–H and O–H groups in total. The highest BCUT2D eigenvalue weighted by molar-refractivity contribution is 8.00. The molecule has 2 unspecified atom stereocenters. The molecule has 1 aromatic carbocycles. The van der Waals surface area contributed by atoms with Gasteiger partial charge in [0, 0.05) is 29.2 Å². The maximum Gasteiger partial charge on any atom is 0.254 e. The molecule has 0 aliphatic carbocycles. The van der Waals surface area contributed by atoms with E-state index in [9.17, 15) is 9.90 Å². The monoisotopic (exact) mass is 251 g/mol. The Hall–Kier alpha value is -1.16. The standard InChI is InChI=1S/C13H17NO2S/c1-9-10(2)17-8-7-14(9)13(16)11-3-5-12(15)6-4-11/h3-6,9-10,15H,7-8H2,1-2H3. The van der Waals surface area contributed by atoms with Crippen LogP contribution in [-0.2, 0) is 0 Å². The molecular formula is C13H17NO2S. The number of hydrogen-bond acceptors (Lipinski definition) is 3. The van der Waals surface area contributed by atoms with Crippen LogP contribution < -0.4 is 0 Å². The number of hydrogen-bond donors (Lipinski definition) is 1. The van der Waals surface area contributed by atoms with E-state index in [1.165, 1.54) is 0 Å². The first-order valence-corrected chi connectivity index (χ1v) is 6.86. The lowest BCUT2D eigenvalue weighted by Gasteiger charge is -2.37. The maximum atomic E-state index is 12.3. The number of amides is 1. The van der Waals surface area contributed by atoms with E-state index in [-0.39, 0.29) is 17.7 Å². The van der Waals surface area contributed by atoms with Gasteiger partial charge in [0.05, 0.1) is 0 Å². The number of rotatable bonds is 1. The quantitative estimate of drug-likeness (QED) is 0.833. The molecule has 0 bridgehead atoms. The van der Waals surface area contributed by atoms with E-state index in [1.807, 2.05) is 16.7 Å². The summed E-state index contributed by atoms with van der Waals surface area (Å²) < 4.78 is 0. The first-order valence-electron chi connectivity index (χ1n) is 5.81. The molecule has 0 radical (unpaired) electrons. The summed E-state index contributed by atoms with van der Waals surface area (Å²) in [5.41, 5.74) is 0.647. The lowest BCUT2D eigenvalue weighted by molar-refractivity contribution is 0.0698. The van der Waals surface area contributed by atoms with Crippen molar-refractivity contribution < 1.29 is 9.90 Å². The molecule has 3 nitrogen and oxygen atoms in total. The molecule has 4 heteroatoms. The van der Waals surface area contributed by atoms with Gasteiger partial charge in [-0.2, -0.15) is 11.8 Å². The molecule has 0 spiro atoms. The predicted molar refractivity (Wildman–Crippen MR) is 70.5 cm³/mol. The normalized spacial score (nSPS) is 24.7. The fourth-order valence-corrected chi connectivity index (χ4v) is 3.09. The van der Waals surface area contributed by atoms with Gasteiger partial charge in [-0.1, -0.05) is 6.92 Å². The Balaban J connectivity index is 2.16. The van der Waals surface area contributed by atoms with E-state index < -0.39 is 0 Å². The summed E-state index contributed by atoms with van der Waals surface area (Å²) in [6.07, 6.45) is 0. The summed E-state index contributed by atoms with van der Waals surface area (Å²) in [5.74, 6) is 1.25. The van der Waals surface area contributed by atoms with Crippen molar-refractivity contribution in [3.63, 3.8) is 0 Å². The van der Waals surface area contributed by atoms with Crippen molar-refractivity contribution in [3.8, 4) is 5.75 Å². The summed E-state index contributed by atoms with van der Waals surface area (Å²) >= 11 is 1.91. The minimum atomic E-state index is 0.0599. The van der Waals surface area contributed by atoms with Gasteiger partial charge in [-0.15, -0.1) is 0 Å². The SMILES string of the molecule is CC1SCCN(C(=O)c2ccc(O)cc2)C1C. The topological polar surface area (TPSA) is 40.5 Å². The first kappa shape index (κ1) is 12.3. The summed E-state index contributed by atoms with van der Waals surface area (Å²) in [7, 11) is 0. The van der Waals surface area contributed by atoms with Crippen LogP contribution >= 0.6 is 11.8 Å². The lowest BCUT2D eigenvalue weighted by atomic mass is 10.1. The molecule has 1 aliphatic rings. The van der Waals surface area contributed by atoms with E-state index in [2.05, 4.69) is 13.8 Å². The minimum absolute atomic E-state index is 0.0599. The Morgan fingerprint density at radius 2 is 2.00 bits per heavy atom. The number of thioether (sulfide) groups is 1. The number of aromatic hydroxyl groups is 1. The van der Waals surface area contributed by atoms with Crippen molar-refractivity contribution in [2.75, 3.05) is 12.3 Å². The van der Waals surface area contributed by atoms with Crippen LogP contribution in [0.3, 0.4) is 0 Å². The molecule has 1 amide bonds. The molecule has 1 aliphatic heterocycles. The van der Waals surface area contributed by atoms with E-state index >= 15 is 0 Å². The van der Waals surface area contributed by atoms with Gasteiger partial charge in [-0.25, -0.2) is 0 Å². The largest absolute Gasteiger partial charge is 0.508 e. The highest BCUT2D eigenvalue weighted by atomic mass is 32.2. The van der Waals surface area contributed by atoms with Gasteiger partial charge in [-0.05, 0) is 31.2 Å². The van der Waals surface area contributed by atoms with Crippen molar-refractivity contribution >= 4 is 17.7 Å². The van der Waals surface area contributed by atoms with Crippen molar-refractivity contribution in [1.29, 1.82) is 0 Å². The van der Waals surface area contributed by atoms with Crippen molar-refractivity contribution in [1.82, 2.24) is 4.90 Å². The van der Waals surface area contributed by atoms with E-state index in [0.717, 1.165) is 12.3 Å². The minimum Gasteiger partial charge on any atom is -0.508 e. The van der Waals surface area contributed by atoms with Crippen LogP contribution in [0, 0.1) is 0 Å². The van der Waals surface area contributed by atoms with E-state index in [0.29, 0.717) is 10.8 Å². The molecule has 17 heavy (non-hydrogen) atoms. The zero-order chi connectivity index (χ0) is 12.4. The number of benzene rings is 1. The van der Waals surface area contributed by atoms with E-state index in [1.54, 1.807) is 24.3 Å². The molecular weight excluding hydrogens is 234 g/mol. The van der Waals surface area contributed by atoms with Crippen LogP contribution in [0.25, 0.3) is 0 Å². The Morgan fingerprint density at radius 1 is 1.35 bits per heavy atom. The summed E-state index contributed by atoms with van der Waals surface area (Å²) in [6, 6.07) is 6.73. The zero-order valence-electron chi connectivity index (χ0n) is 10.1. The predicted octanol–water partition coefficient (Wildman–Crippen LogP) is 2.36. The Labute approximate surface area is 106 Å². The third-order valence-electron chi connectivity index (χ3n) is 3.26. The number of carbonyl (C=O) groups excluding carboxylic acids is 1. The van der Waals surface area contributed by atoms with Crippen LogP contribution in [0.5, 0.6) is 5.75 Å². The van der Waals surface area contributed by atoms with Gasteiger partial charge >= 0.3 is 0 Å². The van der Waals surface area contributed by atoms with Crippen LogP contribution in [0.4, 0.5) is 0 Å². The van der Waals surface area contributed by atoms with Gasteiger partial charge in [0.15, 0.2) is 0 Å². The molecule has 2 rings (SSSR count). The van der Waals surface area contributed by atoms with Crippen LogP contribution in [0.15, 0.2) is 24.3 Å². The first-order chi connectivity index (χ1) is 8.09. The van der Waals surface area contributed by atoms with Gasteiger partial charge in [-0.3, -0.25) is 4.79 Å². The summed E-state index contributed by atoms with van der Waals surface area (Å²) in [4.78, 5) is 14.2. The van der Waals surface area contributed by atoms with E-state index in [4.69, 9.17) is 0 Å². The highest BCUT2D eigenvalue weighted by Crippen LogP contribution is 2.25. The fourth-order valence-electron chi connectivity index (χ4n) is 1.99. The Bertz CT molecular complexity index is 404. The number of carbonyl (C=O) groups is 1. The molecule has 1 aromatic rings. The Kier molecular flexibility index (Phi) is 3.62. The lowest BCUT2D eigenvalue weighted by Crippen LogP contribution is -2.47. The second-order valence-electron chi connectivity index (χ2n) is 4.36. The molecule has 1 heterocycles. The third-order valence-corrected chi connectivity index (χ3v) is 4.60. The molecule has 0 aromatic heterocycles. The fraction of sp³-hybridized carbons (Fsp3) is 0.462. The zero-order valence-corrected chi connectivity index (χ0v) is 10.9.